The second-order valence-corrected chi connectivity index (χ2v) is 4.94. The molecule has 2 aromatic rings. The van der Waals surface area contributed by atoms with E-state index in [1.807, 2.05) is 0 Å². The minimum atomic E-state index is -4.39. The van der Waals surface area contributed by atoms with Gasteiger partial charge < -0.3 is 9.73 Å². The van der Waals surface area contributed by atoms with Crippen LogP contribution in [0.15, 0.2) is 39.4 Å². The van der Waals surface area contributed by atoms with E-state index < -0.39 is 11.7 Å². The molecule has 19 heavy (non-hydrogen) atoms. The third kappa shape index (κ3) is 3.67. The van der Waals surface area contributed by atoms with E-state index in [4.69, 9.17) is 16.0 Å². The number of hydrogen-bond acceptors (Lipinski definition) is 2. The maximum absolute atomic E-state index is 12.5. The lowest BCUT2D eigenvalue weighted by Crippen LogP contribution is -2.06. The van der Waals surface area contributed by atoms with Crippen LogP contribution in [0.5, 0.6) is 0 Å². The molecule has 0 unspecified atom stereocenters. The molecule has 7 heteroatoms. The molecule has 1 aromatic carbocycles. The van der Waals surface area contributed by atoms with E-state index in [0.29, 0.717) is 22.7 Å². The molecule has 0 amide bonds. The lowest BCUT2D eigenvalue weighted by molar-refractivity contribution is -0.137. The second kappa shape index (κ2) is 5.46. The van der Waals surface area contributed by atoms with Crippen molar-refractivity contribution in [3.8, 4) is 0 Å². The number of benzene rings is 1. The Labute approximate surface area is 120 Å². The van der Waals surface area contributed by atoms with Crippen LogP contribution >= 0.6 is 27.5 Å². The van der Waals surface area contributed by atoms with Gasteiger partial charge in [0, 0.05) is 0 Å². The third-order valence-electron chi connectivity index (χ3n) is 2.38. The Balaban J connectivity index is 2.09. The van der Waals surface area contributed by atoms with Crippen molar-refractivity contribution in [2.75, 3.05) is 5.32 Å². The lowest BCUT2D eigenvalue weighted by atomic mass is 10.2. The van der Waals surface area contributed by atoms with Gasteiger partial charge in [-0.15, -0.1) is 0 Å². The molecule has 0 radical (unpaired) electrons. The third-order valence-corrected chi connectivity index (χ3v) is 3.12. The molecular weight excluding hydrogens is 346 g/mol. The van der Waals surface area contributed by atoms with Crippen LogP contribution < -0.4 is 5.32 Å². The van der Waals surface area contributed by atoms with Gasteiger partial charge in [0.25, 0.3) is 0 Å². The molecule has 1 heterocycles. The Bertz CT molecular complexity index is 583. The Hall–Kier alpha value is -1.14. The van der Waals surface area contributed by atoms with Gasteiger partial charge in [-0.1, -0.05) is 11.6 Å². The quantitative estimate of drug-likeness (QED) is 0.806. The first-order valence-electron chi connectivity index (χ1n) is 5.21. The van der Waals surface area contributed by atoms with Crippen molar-refractivity contribution in [2.24, 2.45) is 0 Å². The molecule has 2 rings (SSSR count). The van der Waals surface area contributed by atoms with Gasteiger partial charge in [-0.2, -0.15) is 13.2 Å². The minimum absolute atomic E-state index is 0.0143. The fraction of sp³-hybridized carbons (Fsp3) is 0.167. The standard InChI is InChI=1S/C12H8BrClF3NO/c13-11-4-2-8(19-11)6-18-10-3-1-7(5-9(10)14)12(15,16)17/h1-5,18H,6H2. The van der Waals surface area contributed by atoms with Gasteiger partial charge >= 0.3 is 6.18 Å². The van der Waals surface area contributed by atoms with Crippen molar-refractivity contribution in [3.63, 3.8) is 0 Å². The first-order chi connectivity index (χ1) is 8.86. The molecule has 0 saturated carbocycles. The first-order valence-corrected chi connectivity index (χ1v) is 6.38. The first kappa shape index (κ1) is 14.3. The van der Waals surface area contributed by atoms with Crippen molar-refractivity contribution >= 4 is 33.2 Å². The fourth-order valence-electron chi connectivity index (χ4n) is 1.46. The SMILES string of the molecule is FC(F)(F)c1ccc(NCc2ccc(Br)o2)c(Cl)c1. The largest absolute Gasteiger partial charge is 0.452 e. The maximum atomic E-state index is 12.5. The van der Waals surface area contributed by atoms with Gasteiger partial charge in [0.05, 0.1) is 22.8 Å². The predicted octanol–water partition coefficient (Wildman–Crippen LogP) is 5.33. The minimum Gasteiger partial charge on any atom is -0.452 e. The highest BCUT2D eigenvalue weighted by Gasteiger charge is 2.30. The van der Waals surface area contributed by atoms with Crippen LogP contribution in [0, 0.1) is 0 Å². The van der Waals surface area contributed by atoms with Crippen LogP contribution in [-0.2, 0) is 12.7 Å². The predicted molar refractivity (Wildman–Crippen MR) is 70.2 cm³/mol. The van der Waals surface area contributed by atoms with Crippen molar-refractivity contribution in [1.82, 2.24) is 0 Å². The maximum Gasteiger partial charge on any atom is 0.416 e. The summed E-state index contributed by atoms with van der Waals surface area (Å²) in [7, 11) is 0. The Morgan fingerprint density at radius 1 is 1.21 bits per heavy atom. The molecule has 1 aromatic heterocycles. The molecule has 0 fully saturated rings. The lowest BCUT2D eigenvalue weighted by Gasteiger charge is -2.11. The summed E-state index contributed by atoms with van der Waals surface area (Å²) in [5, 5.41) is 2.92. The molecule has 0 atom stereocenters. The molecular formula is C12H8BrClF3NO. The van der Waals surface area contributed by atoms with E-state index in [1.165, 1.54) is 6.07 Å². The number of rotatable bonds is 3. The molecule has 0 saturated heterocycles. The summed E-state index contributed by atoms with van der Waals surface area (Å²) in [6.07, 6.45) is -4.39. The van der Waals surface area contributed by atoms with Crippen LogP contribution in [0.2, 0.25) is 5.02 Å². The summed E-state index contributed by atoms with van der Waals surface area (Å²) in [4.78, 5) is 0. The highest BCUT2D eigenvalue weighted by molar-refractivity contribution is 9.10. The average Bonchev–Trinajstić information content (AvgIpc) is 2.72. The van der Waals surface area contributed by atoms with Crippen LogP contribution in [0.3, 0.4) is 0 Å². The highest BCUT2D eigenvalue weighted by Crippen LogP contribution is 2.33. The number of anilines is 1. The smallest absolute Gasteiger partial charge is 0.416 e. The van der Waals surface area contributed by atoms with Gasteiger partial charge in [0.2, 0.25) is 0 Å². The van der Waals surface area contributed by atoms with E-state index >= 15 is 0 Å². The van der Waals surface area contributed by atoms with Crippen molar-refractivity contribution in [2.45, 2.75) is 12.7 Å². The van der Waals surface area contributed by atoms with Gasteiger partial charge in [0.1, 0.15) is 5.76 Å². The van der Waals surface area contributed by atoms with E-state index in [9.17, 15) is 13.2 Å². The average molecular weight is 355 g/mol. The van der Waals surface area contributed by atoms with E-state index in [-0.39, 0.29) is 5.02 Å². The number of furan rings is 1. The number of hydrogen-bond donors (Lipinski definition) is 1. The van der Waals surface area contributed by atoms with Gasteiger partial charge in [-0.25, -0.2) is 0 Å². The van der Waals surface area contributed by atoms with Crippen molar-refractivity contribution < 1.29 is 17.6 Å². The number of nitrogens with one attached hydrogen (secondary N) is 1. The zero-order valence-electron chi connectivity index (χ0n) is 9.39. The highest BCUT2D eigenvalue weighted by atomic mass is 79.9. The summed E-state index contributed by atoms with van der Waals surface area (Å²) in [5.41, 5.74) is -0.356. The van der Waals surface area contributed by atoms with Crippen molar-refractivity contribution in [1.29, 1.82) is 0 Å². The fourth-order valence-corrected chi connectivity index (χ4v) is 2.05. The molecule has 0 bridgehead atoms. The zero-order chi connectivity index (χ0) is 14.0. The summed E-state index contributed by atoms with van der Waals surface area (Å²) in [6.45, 7) is 0.330. The molecule has 1 N–H and O–H groups in total. The summed E-state index contributed by atoms with van der Waals surface area (Å²) in [6, 6.07) is 6.64. The Morgan fingerprint density at radius 3 is 2.47 bits per heavy atom. The summed E-state index contributed by atoms with van der Waals surface area (Å²) in [5.74, 6) is 0.642. The van der Waals surface area contributed by atoms with Gasteiger partial charge in [-0.05, 0) is 46.3 Å². The Morgan fingerprint density at radius 2 is 1.95 bits per heavy atom. The molecule has 2 nitrogen and oxygen atoms in total. The van der Waals surface area contributed by atoms with Crippen LogP contribution in [0.1, 0.15) is 11.3 Å². The number of halogens is 5. The summed E-state index contributed by atoms with van der Waals surface area (Å²) < 4.78 is 43.2. The van der Waals surface area contributed by atoms with Crippen molar-refractivity contribution in [3.05, 3.63) is 51.3 Å². The molecule has 0 spiro atoms. The zero-order valence-corrected chi connectivity index (χ0v) is 11.7. The van der Waals surface area contributed by atoms with E-state index in [0.717, 1.165) is 12.1 Å². The van der Waals surface area contributed by atoms with Crippen LogP contribution in [0.4, 0.5) is 18.9 Å². The van der Waals surface area contributed by atoms with Gasteiger partial charge in [0.15, 0.2) is 4.67 Å². The topological polar surface area (TPSA) is 25.2 Å². The number of alkyl halides is 3. The normalized spacial score (nSPS) is 11.6. The van der Waals surface area contributed by atoms with Crippen LogP contribution in [-0.4, -0.2) is 0 Å². The van der Waals surface area contributed by atoms with E-state index in [1.54, 1.807) is 12.1 Å². The van der Waals surface area contributed by atoms with Crippen LogP contribution in [0.25, 0.3) is 0 Å². The Kier molecular flexibility index (Phi) is 4.10. The molecule has 0 aliphatic rings. The molecule has 0 aliphatic carbocycles. The van der Waals surface area contributed by atoms with Gasteiger partial charge in [-0.3, -0.25) is 0 Å². The summed E-state index contributed by atoms with van der Waals surface area (Å²) >= 11 is 8.96. The van der Waals surface area contributed by atoms with E-state index in [2.05, 4.69) is 21.2 Å². The molecule has 102 valence electrons. The monoisotopic (exact) mass is 353 g/mol. The second-order valence-electron chi connectivity index (χ2n) is 3.75. The molecule has 0 aliphatic heterocycles.